The molecule has 8 heteroatoms. The average Bonchev–Trinajstić information content (AvgIpc) is 2.72. The zero-order valence-electron chi connectivity index (χ0n) is 15.7. The Morgan fingerprint density at radius 1 is 1.14 bits per heavy atom. The molecular formula is C21H22N4O3S. The summed E-state index contributed by atoms with van der Waals surface area (Å²) >= 11 is 5.54. The molecule has 150 valence electrons. The van der Waals surface area contributed by atoms with Gasteiger partial charge in [0.25, 0.3) is 0 Å². The maximum atomic E-state index is 12.9. The molecule has 1 heterocycles. The number of nitrogens with zero attached hydrogens (tertiary/aromatic N) is 1. The molecule has 2 aromatic rings. The van der Waals surface area contributed by atoms with Crippen LogP contribution in [0.3, 0.4) is 0 Å². The van der Waals surface area contributed by atoms with Gasteiger partial charge in [0.15, 0.2) is 5.78 Å². The summed E-state index contributed by atoms with van der Waals surface area (Å²) in [6.45, 7) is 0.731. The van der Waals surface area contributed by atoms with Crippen LogP contribution in [0.15, 0.2) is 66.1 Å². The fourth-order valence-corrected chi connectivity index (χ4v) is 3.58. The summed E-state index contributed by atoms with van der Waals surface area (Å²) in [5.41, 5.74) is 3.01. The fourth-order valence-electron chi connectivity index (χ4n) is 3.22. The molecule has 1 aliphatic rings. The highest BCUT2D eigenvalue weighted by Gasteiger charge is 2.30. The van der Waals surface area contributed by atoms with Crippen molar-refractivity contribution in [3.8, 4) is 0 Å². The van der Waals surface area contributed by atoms with Gasteiger partial charge in [0, 0.05) is 43.3 Å². The highest BCUT2D eigenvalue weighted by molar-refractivity contribution is 7.81. The van der Waals surface area contributed by atoms with Crippen LogP contribution in [-0.4, -0.2) is 33.5 Å². The number of amides is 1. The number of carboxylic acid groups (broad SMARTS) is 1. The van der Waals surface area contributed by atoms with Crippen LogP contribution in [0.2, 0.25) is 0 Å². The minimum absolute atomic E-state index is 0.0981. The number of carbonyl (C=O) groups is 2. The predicted octanol–water partition coefficient (Wildman–Crippen LogP) is 3.11. The predicted molar refractivity (Wildman–Crippen MR) is 115 cm³/mol. The average molecular weight is 410 g/mol. The van der Waals surface area contributed by atoms with Crippen LogP contribution < -0.4 is 16.0 Å². The standard InChI is InChI=1S/C21H22N4O3S/c26-18-11-15(13-24-21(27)28)10-17(23-12-14-6-8-22-9-7-14)19(18)20(29)25-16-4-2-1-3-5-16/h1-9,15,23-24H,10-13H2,(H,25,29)(H,27,28). The van der Waals surface area contributed by atoms with E-state index in [-0.39, 0.29) is 24.7 Å². The van der Waals surface area contributed by atoms with Crippen molar-refractivity contribution >= 4 is 34.8 Å². The number of ketones is 1. The summed E-state index contributed by atoms with van der Waals surface area (Å²) < 4.78 is 0. The molecule has 1 aliphatic carbocycles. The van der Waals surface area contributed by atoms with Crippen LogP contribution in [0.4, 0.5) is 10.5 Å². The van der Waals surface area contributed by atoms with Gasteiger partial charge in [0.05, 0.1) is 5.57 Å². The Morgan fingerprint density at radius 3 is 2.55 bits per heavy atom. The number of thiocarbonyl (C=S) groups is 1. The lowest BCUT2D eigenvalue weighted by atomic mass is 9.85. The minimum atomic E-state index is -1.10. The Balaban J connectivity index is 1.81. The molecule has 29 heavy (non-hydrogen) atoms. The van der Waals surface area contributed by atoms with Crippen molar-refractivity contribution in [1.82, 2.24) is 15.6 Å². The van der Waals surface area contributed by atoms with Crippen molar-refractivity contribution in [2.45, 2.75) is 19.4 Å². The lowest BCUT2D eigenvalue weighted by Crippen LogP contribution is -2.36. The maximum Gasteiger partial charge on any atom is 0.404 e. The Hall–Kier alpha value is -3.26. The van der Waals surface area contributed by atoms with Gasteiger partial charge in [-0.1, -0.05) is 30.4 Å². The van der Waals surface area contributed by atoms with E-state index in [1.54, 1.807) is 12.4 Å². The number of hydrogen-bond donors (Lipinski definition) is 4. The first kappa shape index (κ1) is 20.5. The number of allylic oxidation sites excluding steroid dienone is 1. The van der Waals surface area contributed by atoms with Gasteiger partial charge in [-0.05, 0) is 42.2 Å². The molecule has 0 radical (unpaired) electrons. The molecule has 1 aromatic carbocycles. The summed E-state index contributed by atoms with van der Waals surface area (Å²) in [4.78, 5) is 28.1. The monoisotopic (exact) mass is 410 g/mol. The van der Waals surface area contributed by atoms with E-state index in [0.717, 1.165) is 16.9 Å². The van der Waals surface area contributed by atoms with E-state index in [4.69, 9.17) is 17.3 Å². The van der Waals surface area contributed by atoms with E-state index in [1.807, 2.05) is 42.5 Å². The van der Waals surface area contributed by atoms with Crippen molar-refractivity contribution in [1.29, 1.82) is 0 Å². The summed E-state index contributed by atoms with van der Waals surface area (Å²) in [5, 5.41) is 17.7. The van der Waals surface area contributed by atoms with E-state index in [2.05, 4.69) is 20.9 Å². The van der Waals surface area contributed by atoms with Crippen LogP contribution in [0, 0.1) is 5.92 Å². The number of nitrogens with one attached hydrogen (secondary N) is 3. The van der Waals surface area contributed by atoms with Gasteiger partial charge in [-0.15, -0.1) is 0 Å². The number of hydrogen-bond acceptors (Lipinski definition) is 5. The molecule has 1 unspecified atom stereocenters. The van der Waals surface area contributed by atoms with Crippen LogP contribution in [0.5, 0.6) is 0 Å². The van der Waals surface area contributed by atoms with E-state index in [0.29, 0.717) is 23.5 Å². The summed E-state index contributed by atoms with van der Waals surface area (Å²) in [5.74, 6) is -0.221. The quantitative estimate of drug-likeness (QED) is 0.520. The third kappa shape index (κ3) is 5.86. The van der Waals surface area contributed by atoms with Crippen molar-refractivity contribution in [2.24, 2.45) is 5.92 Å². The second-order valence-corrected chi connectivity index (χ2v) is 7.17. The number of para-hydroxylation sites is 1. The minimum Gasteiger partial charge on any atom is -0.465 e. The first-order valence-electron chi connectivity index (χ1n) is 9.25. The molecule has 0 bridgehead atoms. The SMILES string of the molecule is O=C(O)NCC1CC(=O)C(C(=S)Nc2ccccc2)=C(NCc2ccncc2)C1. The van der Waals surface area contributed by atoms with Gasteiger partial charge in [-0.25, -0.2) is 4.79 Å². The third-order valence-corrected chi connectivity index (χ3v) is 4.91. The lowest BCUT2D eigenvalue weighted by Gasteiger charge is -2.28. The number of rotatable bonds is 7. The Kier molecular flexibility index (Phi) is 6.91. The van der Waals surface area contributed by atoms with Gasteiger partial charge in [-0.2, -0.15) is 0 Å². The Labute approximate surface area is 174 Å². The van der Waals surface area contributed by atoms with E-state index in [9.17, 15) is 9.59 Å². The second kappa shape index (κ2) is 9.79. The number of pyridine rings is 1. The molecule has 0 saturated carbocycles. The first-order valence-corrected chi connectivity index (χ1v) is 9.66. The van der Waals surface area contributed by atoms with Gasteiger partial charge in [0.2, 0.25) is 0 Å². The first-order chi connectivity index (χ1) is 14.0. The van der Waals surface area contributed by atoms with Crippen LogP contribution >= 0.6 is 12.2 Å². The van der Waals surface area contributed by atoms with E-state index < -0.39 is 6.09 Å². The molecule has 1 atom stereocenters. The number of anilines is 1. The Morgan fingerprint density at radius 2 is 1.86 bits per heavy atom. The van der Waals surface area contributed by atoms with Crippen molar-refractivity contribution in [3.63, 3.8) is 0 Å². The second-order valence-electron chi connectivity index (χ2n) is 6.77. The largest absolute Gasteiger partial charge is 0.465 e. The van der Waals surface area contributed by atoms with Gasteiger partial charge in [-0.3, -0.25) is 9.78 Å². The summed E-state index contributed by atoms with van der Waals surface area (Å²) in [7, 11) is 0. The van der Waals surface area contributed by atoms with Crippen LogP contribution in [0.1, 0.15) is 18.4 Å². The number of benzene rings is 1. The smallest absolute Gasteiger partial charge is 0.404 e. The van der Waals surface area contributed by atoms with Gasteiger partial charge >= 0.3 is 6.09 Å². The summed E-state index contributed by atoms with van der Waals surface area (Å²) in [6, 6.07) is 13.2. The molecule has 1 aromatic heterocycles. The molecule has 0 fully saturated rings. The topological polar surface area (TPSA) is 103 Å². The van der Waals surface area contributed by atoms with Crippen molar-refractivity contribution in [3.05, 3.63) is 71.7 Å². The van der Waals surface area contributed by atoms with E-state index in [1.165, 1.54) is 0 Å². The third-order valence-electron chi connectivity index (χ3n) is 4.60. The number of aromatic nitrogens is 1. The van der Waals surface area contributed by atoms with E-state index >= 15 is 0 Å². The molecule has 1 amide bonds. The fraction of sp³-hybridized carbons (Fsp3) is 0.238. The maximum absolute atomic E-state index is 12.9. The number of Topliss-reactive ketones (excluding diaryl/α,β-unsaturated/α-hetero) is 1. The molecule has 0 spiro atoms. The highest BCUT2D eigenvalue weighted by atomic mass is 32.1. The molecule has 0 aliphatic heterocycles. The lowest BCUT2D eigenvalue weighted by molar-refractivity contribution is -0.116. The zero-order valence-corrected chi connectivity index (χ0v) is 16.5. The molecule has 0 saturated heterocycles. The number of carbonyl (C=O) groups excluding carboxylic acids is 1. The van der Waals surface area contributed by atoms with Gasteiger partial charge in [0.1, 0.15) is 4.99 Å². The van der Waals surface area contributed by atoms with Crippen LogP contribution in [-0.2, 0) is 11.3 Å². The molecular weight excluding hydrogens is 388 g/mol. The molecule has 4 N–H and O–H groups in total. The zero-order chi connectivity index (χ0) is 20.6. The van der Waals surface area contributed by atoms with Crippen molar-refractivity contribution in [2.75, 3.05) is 11.9 Å². The van der Waals surface area contributed by atoms with Gasteiger partial charge < -0.3 is 21.1 Å². The van der Waals surface area contributed by atoms with Crippen molar-refractivity contribution < 1.29 is 14.7 Å². The molecule has 3 rings (SSSR count). The summed E-state index contributed by atoms with van der Waals surface area (Å²) in [6.07, 6.45) is 3.09. The Bertz CT molecular complexity index is 916. The highest BCUT2D eigenvalue weighted by Crippen LogP contribution is 2.27. The van der Waals surface area contributed by atoms with Crippen LogP contribution in [0.25, 0.3) is 0 Å². The molecule has 7 nitrogen and oxygen atoms in total. The normalized spacial score (nSPS) is 16.3.